The van der Waals surface area contributed by atoms with Gasteiger partial charge in [0, 0.05) is 30.8 Å². The predicted octanol–water partition coefficient (Wildman–Crippen LogP) is 3.07. The van der Waals surface area contributed by atoms with Crippen LogP contribution in [-0.4, -0.2) is 34.7 Å². The van der Waals surface area contributed by atoms with Gasteiger partial charge in [0.15, 0.2) is 0 Å². The molecule has 0 spiro atoms. The topological polar surface area (TPSA) is 92.6 Å². The van der Waals surface area contributed by atoms with Crippen molar-refractivity contribution in [3.8, 4) is 0 Å². The number of aryl methyl sites for hydroxylation is 1. The van der Waals surface area contributed by atoms with Crippen molar-refractivity contribution in [3.63, 3.8) is 0 Å². The van der Waals surface area contributed by atoms with Crippen molar-refractivity contribution in [2.75, 3.05) is 13.1 Å². The number of hydrogen-bond donors (Lipinski definition) is 1. The second kappa shape index (κ2) is 7.99. The maximum atomic E-state index is 12.5. The number of carbonyl (C=O) groups is 2. The van der Waals surface area contributed by atoms with E-state index in [1.165, 1.54) is 6.07 Å². The zero-order valence-electron chi connectivity index (χ0n) is 15.1. The summed E-state index contributed by atoms with van der Waals surface area (Å²) in [6, 6.07) is 11.8. The zero-order chi connectivity index (χ0) is 19.4. The van der Waals surface area contributed by atoms with Crippen LogP contribution in [0, 0.1) is 17.0 Å². The normalized spacial score (nSPS) is 13.4. The highest BCUT2D eigenvalue weighted by atomic mass is 16.6. The molecule has 7 heteroatoms. The van der Waals surface area contributed by atoms with Crippen LogP contribution in [0.3, 0.4) is 0 Å². The van der Waals surface area contributed by atoms with Gasteiger partial charge >= 0.3 is 0 Å². The Morgan fingerprint density at radius 3 is 2.56 bits per heavy atom. The first-order valence-corrected chi connectivity index (χ1v) is 8.88. The van der Waals surface area contributed by atoms with Gasteiger partial charge in [-0.2, -0.15) is 0 Å². The number of carbonyl (C=O) groups excluding carboxylic acids is 2. The fourth-order valence-corrected chi connectivity index (χ4v) is 3.28. The molecule has 140 valence electrons. The van der Waals surface area contributed by atoms with Crippen molar-refractivity contribution in [1.82, 2.24) is 10.2 Å². The highest BCUT2D eigenvalue weighted by molar-refractivity contribution is 5.98. The Morgan fingerprint density at radius 2 is 1.85 bits per heavy atom. The molecular weight excluding hydrogens is 346 g/mol. The molecule has 2 aromatic carbocycles. The van der Waals surface area contributed by atoms with Crippen LogP contribution in [0.25, 0.3) is 0 Å². The van der Waals surface area contributed by atoms with Gasteiger partial charge in [-0.3, -0.25) is 19.7 Å². The third-order valence-electron chi connectivity index (χ3n) is 4.69. The number of hydrogen-bond acceptors (Lipinski definition) is 4. The minimum Gasteiger partial charge on any atom is -0.348 e. The van der Waals surface area contributed by atoms with Gasteiger partial charge in [-0.1, -0.05) is 24.3 Å². The summed E-state index contributed by atoms with van der Waals surface area (Å²) in [7, 11) is 0. The van der Waals surface area contributed by atoms with Crippen molar-refractivity contribution < 1.29 is 14.5 Å². The van der Waals surface area contributed by atoms with Crippen molar-refractivity contribution in [2.45, 2.75) is 26.3 Å². The van der Waals surface area contributed by atoms with Crippen LogP contribution in [0.15, 0.2) is 42.5 Å². The third-order valence-corrected chi connectivity index (χ3v) is 4.69. The number of rotatable bonds is 5. The summed E-state index contributed by atoms with van der Waals surface area (Å²) < 4.78 is 0. The van der Waals surface area contributed by atoms with Crippen LogP contribution >= 0.6 is 0 Å². The molecule has 2 aromatic rings. The summed E-state index contributed by atoms with van der Waals surface area (Å²) in [5, 5.41) is 14.0. The van der Waals surface area contributed by atoms with Crippen molar-refractivity contribution in [2.24, 2.45) is 0 Å². The number of amides is 2. The number of likely N-dealkylation sites (tertiary alicyclic amines) is 1. The van der Waals surface area contributed by atoms with Crippen molar-refractivity contribution >= 4 is 17.5 Å². The number of para-hydroxylation sites is 1. The lowest BCUT2D eigenvalue weighted by molar-refractivity contribution is -0.385. The monoisotopic (exact) mass is 367 g/mol. The first-order chi connectivity index (χ1) is 13.0. The molecule has 1 aliphatic heterocycles. The Kier molecular flexibility index (Phi) is 5.49. The summed E-state index contributed by atoms with van der Waals surface area (Å²) in [5.41, 5.74) is 1.64. The number of benzene rings is 2. The van der Waals surface area contributed by atoms with E-state index in [0.717, 1.165) is 31.5 Å². The standard InChI is InChI=1S/C20H21N3O4/c1-14-6-4-9-17(18(14)23(26)27)19(24)21-13-15-7-5-8-16(12-15)20(25)22-10-2-3-11-22/h4-9,12H,2-3,10-11,13H2,1H3,(H,21,24). The van der Waals surface area contributed by atoms with Crippen LogP contribution in [0.5, 0.6) is 0 Å². The first kappa shape index (κ1) is 18.6. The van der Waals surface area contributed by atoms with Gasteiger partial charge in [-0.25, -0.2) is 0 Å². The smallest absolute Gasteiger partial charge is 0.285 e. The SMILES string of the molecule is Cc1cccc(C(=O)NCc2cccc(C(=O)N3CCCC3)c2)c1[N+](=O)[O-]. The highest BCUT2D eigenvalue weighted by Gasteiger charge is 2.22. The predicted molar refractivity (Wildman–Crippen MR) is 101 cm³/mol. The molecule has 1 fully saturated rings. The Labute approximate surface area is 157 Å². The maximum Gasteiger partial charge on any atom is 0.285 e. The van der Waals surface area contributed by atoms with Crippen LogP contribution in [0.4, 0.5) is 5.69 Å². The summed E-state index contributed by atoms with van der Waals surface area (Å²) in [4.78, 5) is 37.4. The molecule has 1 aliphatic rings. The fraction of sp³-hybridized carbons (Fsp3) is 0.300. The summed E-state index contributed by atoms with van der Waals surface area (Å²) in [6.07, 6.45) is 2.05. The second-order valence-corrected chi connectivity index (χ2v) is 6.61. The van der Waals surface area contributed by atoms with Crippen molar-refractivity contribution in [3.05, 3.63) is 74.8 Å². The Morgan fingerprint density at radius 1 is 1.15 bits per heavy atom. The van der Waals surface area contributed by atoms with Gasteiger partial charge < -0.3 is 10.2 Å². The van der Waals surface area contributed by atoms with E-state index in [9.17, 15) is 19.7 Å². The Hall–Kier alpha value is -3.22. The molecule has 3 rings (SSSR count). The van der Waals surface area contributed by atoms with E-state index in [2.05, 4.69) is 5.32 Å². The molecule has 0 aromatic heterocycles. The van der Waals surface area contributed by atoms with Crippen LogP contribution in [-0.2, 0) is 6.54 Å². The number of nitro benzene ring substituents is 1. The third kappa shape index (κ3) is 4.13. The van der Waals surface area contributed by atoms with Crippen molar-refractivity contribution in [1.29, 1.82) is 0 Å². The highest BCUT2D eigenvalue weighted by Crippen LogP contribution is 2.23. The molecule has 1 heterocycles. The first-order valence-electron chi connectivity index (χ1n) is 8.88. The molecule has 1 saturated heterocycles. The van der Waals surface area contributed by atoms with Gasteiger partial charge in [0.05, 0.1) is 4.92 Å². The average molecular weight is 367 g/mol. The Bertz CT molecular complexity index is 889. The van der Waals surface area contributed by atoms with Crippen LogP contribution < -0.4 is 5.32 Å². The lowest BCUT2D eigenvalue weighted by Crippen LogP contribution is -2.28. The molecule has 2 amide bonds. The Balaban J connectivity index is 1.71. The molecular formula is C20H21N3O4. The summed E-state index contributed by atoms with van der Waals surface area (Å²) in [5.74, 6) is -0.517. The molecule has 7 nitrogen and oxygen atoms in total. The van der Waals surface area contributed by atoms with Gasteiger partial charge in [0.25, 0.3) is 17.5 Å². The molecule has 0 bridgehead atoms. The minimum atomic E-state index is -0.542. The number of nitrogens with zero attached hydrogens (tertiary/aromatic N) is 2. The van der Waals surface area contributed by atoms with E-state index < -0.39 is 10.8 Å². The van der Waals surface area contributed by atoms with Gasteiger partial charge in [0.2, 0.25) is 0 Å². The van der Waals surface area contributed by atoms with E-state index in [4.69, 9.17) is 0 Å². The molecule has 0 saturated carbocycles. The average Bonchev–Trinajstić information content (AvgIpc) is 3.20. The minimum absolute atomic E-state index is 0.00463. The largest absolute Gasteiger partial charge is 0.348 e. The lowest BCUT2D eigenvalue weighted by atomic mass is 10.1. The van der Waals surface area contributed by atoms with Crippen LogP contribution in [0.1, 0.15) is 44.7 Å². The molecule has 0 atom stereocenters. The molecule has 1 N–H and O–H groups in total. The molecule has 0 aliphatic carbocycles. The van der Waals surface area contributed by atoms with Gasteiger partial charge in [-0.15, -0.1) is 0 Å². The zero-order valence-corrected chi connectivity index (χ0v) is 15.1. The number of nitro groups is 1. The molecule has 0 radical (unpaired) electrons. The molecule has 27 heavy (non-hydrogen) atoms. The van der Waals surface area contributed by atoms with Crippen LogP contribution in [0.2, 0.25) is 0 Å². The lowest BCUT2D eigenvalue weighted by Gasteiger charge is -2.15. The maximum absolute atomic E-state index is 12.5. The van der Waals surface area contributed by atoms with E-state index in [1.807, 2.05) is 11.0 Å². The van der Waals surface area contributed by atoms with E-state index in [-0.39, 0.29) is 23.7 Å². The van der Waals surface area contributed by atoms with E-state index >= 15 is 0 Å². The quantitative estimate of drug-likeness (QED) is 0.649. The van der Waals surface area contributed by atoms with Gasteiger partial charge in [-0.05, 0) is 43.5 Å². The fourth-order valence-electron chi connectivity index (χ4n) is 3.28. The molecule has 0 unspecified atom stereocenters. The van der Waals surface area contributed by atoms with Gasteiger partial charge in [0.1, 0.15) is 5.56 Å². The van der Waals surface area contributed by atoms with E-state index in [1.54, 1.807) is 37.3 Å². The summed E-state index contributed by atoms with van der Waals surface area (Å²) in [6.45, 7) is 3.33. The number of nitrogens with one attached hydrogen (secondary N) is 1. The van der Waals surface area contributed by atoms with E-state index in [0.29, 0.717) is 11.1 Å². The second-order valence-electron chi connectivity index (χ2n) is 6.61. The summed E-state index contributed by atoms with van der Waals surface area (Å²) >= 11 is 0.